The highest BCUT2D eigenvalue weighted by Crippen LogP contribution is 2.59. The fourth-order valence-corrected chi connectivity index (χ4v) is 5.06. The van der Waals surface area contributed by atoms with Crippen molar-refractivity contribution in [3.05, 3.63) is 35.9 Å². The highest BCUT2D eigenvalue weighted by molar-refractivity contribution is 5.75. The number of epoxide rings is 2. The van der Waals surface area contributed by atoms with Crippen molar-refractivity contribution in [2.24, 2.45) is 5.92 Å². The maximum absolute atomic E-state index is 12.6. The third-order valence-corrected chi connectivity index (χ3v) is 6.87. The van der Waals surface area contributed by atoms with Crippen molar-refractivity contribution in [1.29, 1.82) is 0 Å². The van der Waals surface area contributed by atoms with E-state index in [0.717, 1.165) is 24.9 Å². The van der Waals surface area contributed by atoms with E-state index >= 15 is 0 Å². The minimum atomic E-state index is -0.337. The molecule has 3 fully saturated rings. The summed E-state index contributed by atoms with van der Waals surface area (Å²) in [4.78, 5) is 12.6. The Balaban J connectivity index is 1.40. The van der Waals surface area contributed by atoms with Gasteiger partial charge in [-0.15, -0.1) is 0 Å². The molecule has 0 radical (unpaired) electrons. The van der Waals surface area contributed by atoms with Crippen molar-refractivity contribution >= 4 is 17.3 Å². The van der Waals surface area contributed by atoms with Gasteiger partial charge in [0, 0.05) is 18.5 Å². The van der Waals surface area contributed by atoms with E-state index < -0.39 is 0 Å². The molecule has 1 aliphatic carbocycles. The minimum absolute atomic E-state index is 0.0252. The molecule has 1 aromatic carbocycles. The predicted octanol–water partition coefficient (Wildman–Crippen LogP) is 3.30. The quantitative estimate of drug-likeness (QED) is 0.283. The summed E-state index contributed by atoms with van der Waals surface area (Å²) in [5.41, 5.74) is 7.93. The number of nitrogens with one attached hydrogen (secondary N) is 1. The van der Waals surface area contributed by atoms with Crippen LogP contribution in [0.5, 0.6) is 0 Å². The van der Waals surface area contributed by atoms with Crippen LogP contribution < -0.4 is 11.1 Å². The van der Waals surface area contributed by atoms with E-state index in [-0.39, 0.29) is 47.9 Å². The second-order valence-corrected chi connectivity index (χ2v) is 9.38. The molecule has 7 nitrogen and oxygen atoms in total. The van der Waals surface area contributed by atoms with Crippen LogP contribution in [-0.4, -0.2) is 55.7 Å². The first kappa shape index (κ1) is 22.1. The number of ether oxygens (including phenoxy) is 4. The number of hydrogen-bond acceptors (Lipinski definition) is 7. The molecule has 0 bridgehead atoms. The van der Waals surface area contributed by atoms with E-state index in [9.17, 15) is 4.79 Å². The van der Waals surface area contributed by atoms with Gasteiger partial charge in [-0.1, -0.05) is 11.6 Å². The number of carbonyl (C=O) groups excluding carboxylic acids is 1. The van der Waals surface area contributed by atoms with Crippen molar-refractivity contribution in [1.82, 2.24) is 0 Å². The van der Waals surface area contributed by atoms with Gasteiger partial charge in [0.1, 0.15) is 30.0 Å². The van der Waals surface area contributed by atoms with Gasteiger partial charge < -0.3 is 30.0 Å². The fourth-order valence-electron chi connectivity index (χ4n) is 5.06. The Hall–Kier alpha value is -2.09. The molecule has 1 spiro atoms. The normalized spacial score (nSPS) is 36.0. The van der Waals surface area contributed by atoms with Gasteiger partial charge in [-0.3, -0.25) is 4.79 Å². The summed E-state index contributed by atoms with van der Waals surface area (Å²) in [5.74, 6) is -0.282. The van der Waals surface area contributed by atoms with Crippen molar-refractivity contribution in [2.45, 2.75) is 69.5 Å². The zero-order valence-corrected chi connectivity index (χ0v) is 18.9. The lowest BCUT2D eigenvalue weighted by atomic mass is 9.68. The van der Waals surface area contributed by atoms with Crippen LogP contribution >= 0.6 is 0 Å². The number of carbonyl (C=O) groups is 1. The molecule has 2 heterocycles. The molecular weight excluding hydrogens is 396 g/mol. The molecule has 2 saturated heterocycles. The minimum Gasteiger partial charge on any atom is -0.458 e. The van der Waals surface area contributed by atoms with Gasteiger partial charge in [0.05, 0.1) is 18.6 Å². The van der Waals surface area contributed by atoms with Crippen molar-refractivity contribution < 1.29 is 23.7 Å². The van der Waals surface area contributed by atoms with Crippen LogP contribution in [0.2, 0.25) is 0 Å². The molecule has 1 aromatic rings. The van der Waals surface area contributed by atoms with Crippen LogP contribution in [0.1, 0.15) is 40.0 Å². The molecule has 0 aromatic heterocycles. The summed E-state index contributed by atoms with van der Waals surface area (Å²) in [5, 5.41) is 3.08. The second-order valence-electron chi connectivity index (χ2n) is 9.38. The van der Waals surface area contributed by atoms with E-state index in [0.29, 0.717) is 12.3 Å². The second kappa shape index (κ2) is 8.45. The Bertz CT molecular complexity index is 831. The Morgan fingerprint density at radius 2 is 2.03 bits per heavy atom. The average Bonchev–Trinajstić information content (AvgIpc) is 3.65. The Morgan fingerprint density at radius 1 is 1.32 bits per heavy atom. The van der Waals surface area contributed by atoms with Crippen molar-refractivity contribution in [3.8, 4) is 0 Å². The number of hydrogen-bond donors (Lipinski definition) is 2. The van der Waals surface area contributed by atoms with Gasteiger partial charge in [-0.2, -0.15) is 0 Å². The Labute approximate surface area is 184 Å². The largest absolute Gasteiger partial charge is 0.458 e. The number of benzene rings is 1. The average molecular weight is 431 g/mol. The van der Waals surface area contributed by atoms with Gasteiger partial charge in [-0.25, -0.2) is 0 Å². The molecule has 3 aliphatic rings. The fraction of sp³-hybridized carbons (Fsp3) is 0.625. The van der Waals surface area contributed by atoms with Crippen LogP contribution in [0, 0.1) is 5.92 Å². The summed E-state index contributed by atoms with van der Waals surface area (Å²) in [6.07, 6.45) is 4.19. The lowest BCUT2D eigenvalue weighted by Crippen LogP contribution is -2.55. The first-order valence-corrected chi connectivity index (χ1v) is 11.0. The summed E-state index contributed by atoms with van der Waals surface area (Å²) in [6, 6.07) is 7.25. The number of nitrogens with two attached hydrogens (primary N) is 1. The zero-order chi connectivity index (χ0) is 22.2. The van der Waals surface area contributed by atoms with E-state index in [1.54, 1.807) is 19.2 Å². The number of esters is 1. The Kier molecular flexibility index (Phi) is 6.03. The number of allylic oxidation sites excluding steroid dienone is 1. The third kappa shape index (κ3) is 4.59. The van der Waals surface area contributed by atoms with Crippen molar-refractivity contribution in [2.75, 3.05) is 31.3 Å². The number of nitrogen functional groups attached to an aromatic ring is 1. The van der Waals surface area contributed by atoms with E-state index in [4.69, 9.17) is 24.7 Å². The summed E-state index contributed by atoms with van der Waals surface area (Å²) < 4.78 is 24.0. The van der Waals surface area contributed by atoms with Gasteiger partial charge in [0.2, 0.25) is 0 Å². The maximum atomic E-state index is 12.6. The van der Waals surface area contributed by atoms with Gasteiger partial charge in [-0.05, 0) is 64.3 Å². The first-order chi connectivity index (χ1) is 14.8. The first-order valence-electron chi connectivity index (χ1n) is 11.0. The molecule has 31 heavy (non-hydrogen) atoms. The Morgan fingerprint density at radius 3 is 2.65 bits per heavy atom. The maximum Gasteiger partial charge on any atom is 0.325 e. The molecule has 4 rings (SSSR count). The van der Waals surface area contributed by atoms with Gasteiger partial charge in [0.15, 0.2) is 0 Å². The molecule has 7 heteroatoms. The molecule has 170 valence electrons. The summed E-state index contributed by atoms with van der Waals surface area (Å²) in [6.45, 7) is 7.13. The molecule has 1 unspecified atom stereocenters. The van der Waals surface area contributed by atoms with Crippen molar-refractivity contribution in [3.63, 3.8) is 0 Å². The smallest absolute Gasteiger partial charge is 0.325 e. The van der Waals surface area contributed by atoms with E-state index in [1.807, 2.05) is 12.1 Å². The molecule has 1 saturated carbocycles. The third-order valence-electron chi connectivity index (χ3n) is 6.87. The number of rotatable bonds is 8. The van der Waals surface area contributed by atoms with Crippen LogP contribution in [0.4, 0.5) is 11.4 Å². The van der Waals surface area contributed by atoms with Crippen LogP contribution in [0.3, 0.4) is 0 Å². The SMILES string of the molecule is CO[C@@H]1[C@H](OC(=O)CNc2ccc(N)cc2)CC[C@]2(CO2)[C@H]1[C@@]1(C)OC1CC=C(C)C. The highest BCUT2D eigenvalue weighted by Gasteiger charge is 2.72. The van der Waals surface area contributed by atoms with E-state index in [1.165, 1.54) is 5.57 Å². The molecule has 3 N–H and O–H groups in total. The molecule has 0 amide bonds. The monoisotopic (exact) mass is 430 g/mol. The molecule has 6 atom stereocenters. The van der Waals surface area contributed by atoms with Gasteiger partial charge >= 0.3 is 5.97 Å². The topological polar surface area (TPSA) is 98.6 Å². The standard InChI is InChI=1S/C24H34N2O5/c1-15(2)5-10-19-23(3,31-19)22-21(28-4)18(11-12-24(22)14-29-24)30-20(27)13-26-17-8-6-16(25)7-9-17/h5-9,18-19,21-22,26H,10-14,25H2,1-4H3/t18-,19?,21-,22-,23+,24+/m1/s1. The predicted molar refractivity (Wildman–Crippen MR) is 119 cm³/mol. The highest BCUT2D eigenvalue weighted by atomic mass is 16.6. The lowest BCUT2D eigenvalue weighted by Gasteiger charge is -2.42. The molecular formula is C24H34N2O5. The van der Waals surface area contributed by atoms with Gasteiger partial charge in [0.25, 0.3) is 0 Å². The lowest BCUT2D eigenvalue weighted by molar-refractivity contribution is -0.170. The summed E-state index contributed by atoms with van der Waals surface area (Å²) >= 11 is 0. The molecule has 2 aliphatic heterocycles. The zero-order valence-electron chi connectivity index (χ0n) is 18.9. The van der Waals surface area contributed by atoms with E-state index in [2.05, 4.69) is 32.2 Å². The number of anilines is 2. The van der Waals surface area contributed by atoms with Crippen LogP contribution in [-0.2, 0) is 23.7 Å². The van der Waals surface area contributed by atoms with Crippen LogP contribution in [0.15, 0.2) is 35.9 Å². The van der Waals surface area contributed by atoms with Crippen LogP contribution in [0.25, 0.3) is 0 Å². The summed E-state index contributed by atoms with van der Waals surface area (Å²) in [7, 11) is 1.68. The number of methoxy groups -OCH3 is 1.